The predicted octanol–water partition coefficient (Wildman–Crippen LogP) is 1.34. The third kappa shape index (κ3) is 172. The van der Waals surface area contributed by atoms with E-state index in [9.17, 15) is 0 Å². The van der Waals surface area contributed by atoms with Crippen LogP contribution >= 0.6 is 17.0 Å². The maximum atomic E-state index is 6.62. The Labute approximate surface area is 59.9 Å². The van der Waals surface area contributed by atoms with Gasteiger partial charge in [0.2, 0.25) is 0 Å². The van der Waals surface area contributed by atoms with Gasteiger partial charge in [-0.2, -0.15) is 0 Å². The van der Waals surface area contributed by atoms with Crippen LogP contribution in [0.25, 0.3) is 0 Å². The van der Waals surface area contributed by atoms with Gasteiger partial charge in [0, 0.05) is 0 Å². The van der Waals surface area contributed by atoms with Crippen LogP contribution in [0.1, 0.15) is 0 Å². The van der Waals surface area contributed by atoms with E-state index in [-0.39, 0.29) is 0 Å². The van der Waals surface area contributed by atoms with Crippen LogP contribution in [0, 0.1) is 0 Å². The van der Waals surface area contributed by atoms with Crippen molar-refractivity contribution >= 4 is 31.8 Å². The zero-order valence-electron chi connectivity index (χ0n) is 7.26. The average Bonchev–Trinajstić information content (AvgIpc) is 0.503. The van der Waals surface area contributed by atoms with Crippen LogP contribution in [0.15, 0.2) is 0 Å². The molecule has 0 N–H and O–H groups in total. The fourth-order valence-corrected chi connectivity index (χ4v) is 0. The zero-order valence-corrected chi connectivity index (χ0v) is 15.2. The van der Waals surface area contributed by atoms with Crippen molar-refractivity contribution in [2.24, 2.45) is 0 Å². The first-order chi connectivity index (χ1) is 2.83. The normalized spacial score (nSPS) is 31.8. The third-order valence-electron chi connectivity index (χ3n) is 0. The van der Waals surface area contributed by atoms with Crippen molar-refractivity contribution in [3.63, 3.8) is 0 Å². The summed E-state index contributed by atoms with van der Waals surface area (Å²) in [4.78, 5) is 0. The van der Waals surface area contributed by atoms with Crippen LogP contribution in [0.2, 0.25) is 18.5 Å². The van der Waals surface area contributed by atoms with Crippen molar-refractivity contribution in [3.8, 4) is 0 Å². The molecule has 0 spiro atoms. The summed E-state index contributed by atoms with van der Waals surface area (Å²) in [6, 6.07) is 0. The Balaban J connectivity index is 5.84. The minimum absolute atomic E-state index is 0.915. The Morgan fingerprint density at radius 2 is 0.889 bits per heavy atom. The molecule has 9 heavy (non-hydrogen) atoms. The van der Waals surface area contributed by atoms with E-state index in [0.29, 0.717) is 0 Å². The van der Waals surface area contributed by atoms with Crippen molar-refractivity contribution in [1.82, 2.24) is 0 Å². The Morgan fingerprint density at radius 1 is 0.889 bits per heavy atom. The summed E-state index contributed by atoms with van der Waals surface area (Å²) in [7, 11) is 10.9. The molecule has 0 saturated heterocycles. The monoisotopic (exact) mass is 282 g/mol. The van der Waals surface area contributed by atoms with Crippen LogP contribution < -0.4 is 0 Å². The number of hydrogen-bond acceptors (Lipinski definition) is 0. The molecular formula is C4H18Cl2Si2Zr. The van der Waals surface area contributed by atoms with Crippen molar-refractivity contribution in [2.45, 2.75) is 18.5 Å². The van der Waals surface area contributed by atoms with Crippen LogP contribution in [0.4, 0.5) is 0 Å². The summed E-state index contributed by atoms with van der Waals surface area (Å²) in [5, 5.41) is 0. The molecular weight excluding hydrogens is 266 g/mol. The first-order valence-corrected chi connectivity index (χ1v) is 36.3. The van der Waals surface area contributed by atoms with Crippen LogP contribution in [0.5, 0.6) is 0 Å². The van der Waals surface area contributed by atoms with Gasteiger partial charge >= 0.3 is 60.6 Å². The molecule has 0 aliphatic heterocycles. The molecule has 0 radical (unpaired) electrons. The van der Waals surface area contributed by atoms with E-state index in [1.165, 1.54) is 0 Å². The van der Waals surface area contributed by atoms with E-state index in [1.54, 1.807) is 0 Å². The van der Waals surface area contributed by atoms with Crippen molar-refractivity contribution < 1.29 is 10.3 Å². The predicted molar refractivity (Wildman–Crippen MR) is 55.0 cm³/mol. The molecule has 0 heterocycles. The van der Waals surface area contributed by atoms with Crippen molar-refractivity contribution in [2.75, 3.05) is 0 Å². The first-order valence-electron chi connectivity index (χ1n) is 3.38. The fraction of sp³-hybridized carbons (Fsp3) is 1.00. The topological polar surface area (TPSA) is 0 Å². The molecule has 0 aromatic carbocycles. The molecule has 0 amide bonds. The van der Waals surface area contributed by atoms with Gasteiger partial charge in [-0.1, -0.05) is 0 Å². The van der Waals surface area contributed by atoms with E-state index in [2.05, 4.69) is 18.5 Å². The van der Waals surface area contributed by atoms with Crippen LogP contribution in [-0.4, -0.2) is 14.7 Å². The Kier molecular flexibility index (Phi) is 1.06. The number of hydrogen-bond donors (Lipinski definition) is 0. The van der Waals surface area contributed by atoms with Crippen molar-refractivity contribution in [3.05, 3.63) is 0 Å². The van der Waals surface area contributed by atoms with Gasteiger partial charge in [-0.15, -0.1) is 0 Å². The zero-order chi connectivity index (χ0) is 8.35. The van der Waals surface area contributed by atoms with Crippen molar-refractivity contribution in [1.29, 1.82) is 0 Å². The second kappa shape index (κ2) is 0.876. The van der Waals surface area contributed by atoms with Gasteiger partial charge in [-0.3, -0.25) is 0 Å². The summed E-state index contributed by atoms with van der Waals surface area (Å²) in [5.41, 5.74) is 0. The molecule has 0 unspecified atom stereocenters. The SMILES string of the molecule is [CH3][Zr]([CH3])([CH3])([CH3])([SiH3])([SiH3])([Cl])[Cl]. The Bertz CT molecular complexity index is 151. The van der Waals surface area contributed by atoms with Gasteiger partial charge in [-0.25, -0.2) is 0 Å². The first kappa shape index (κ1) is 10.9. The summed E-state index contributed by atoms with van der Waals surface area (Å²) in [5.74, 6) is 0. The van der Waals surface area contributed by atoms with E-state index in [1.807, 2.05) is 0 Å². The molecule has 5 heteroatoms. The molecule has 0 saturated carbocycles. The van der Waals surface area contributed by atoms with Gasteiger partial charge < -0.3 is 0 Å². The molecule has 0 atom stereocenters. The second-order valence-electron chi connectivity index (χ2n) is 9.84. The number of halogens is 2. The van der Waals surface area contributed by atoms with Gasteiger partial charge in [0.15, 0.2) is 0 Å². The van der Waals surface area contributed by atoms with E-state index >= 15 is 0 Å². The maximum absolute atomic E-state index is 6.62. The second-order valence-corrected chi connectivity index (χ2v) is 186. The molecule has 0 bridgehead atoms. The van der Waals surface area contributed by atoms with Gasteiger partial charge in [0.25, 0.3) is 0 Å². The molecule has 0 aliphatic rings. The Morgan fingerprint density at radius 3 is 0.889 bits per heavy atom. The van der Waals surface area contributed by atoms with Gasteiger partial charge in [-0.05, 0) is 0 Å². The molecule has 0 aromatic rings. The fourth-order valence-electron chi connectivity index (χ4n) is 0. The molecule has 0 nitrogen and oxygen atoms in total. The Hall–Kier alpha value is 1.90. The van der Waals surface area contributed by atoms with Crippen LogP contribution in [-0.2, 0) is 10.3 Å². The summed E-state index contributed by atoms with van der Waals surface area (Å²) >= 11 is 0. The molecule has 0 aliphatic carbocycles. The molecule has 0 aromatic heterocycles. The average molecular weight is 284 g/mol. The molecule has 60 valence electrons. The van der Waals surface area contributed by atoms with E-state index < -0.39 is 10.3 Å². The summed E-state index contributed by atoms with van der Waals surface area (Å²) in [6.45, 7) is 0. The third-order valence-corrected chi connectivity index (χ3v) is 0. The summed E-state index contributed by atoms with van der Waals surface area (Å²) in [6.07, 6.45) is 0. The minimum atomic E-state index is -4.16. The summed E-state index contributed by atoms with van der Waals surface area (Å²) < 4.78 is 8.41. The number of rotatable bonds is 0. The van der Waals surface area contributed by atoms with Gasteiger partial charge in [0.1, 0.15) is 0 Å². The van der Waals surface area contributed by atoms with E-state index in [0.717, 1.165) is 14.7 Å². The quantitative estimate of drug-likeness (QED) is 0.589. The van der Waals surface area contributed by atoms with Crippen LogP contribution in [0.3, 0.4) is 0 Å². The molecule has 0 rings (SSSR count). The van der Waals surface area contributed by atoms with Gasteiger partial charge in [0.05, 0.1) is 0 Å². The van der Waals surface area contributed by atoms with E-state index in [4.69, 9.17) is 17.0 Å². The standard InChI is InChI=1S/4CH3.2ClH.2H3Si.Zr/h4*1H3;2*1H;2*1H3;/q;;;;;;;;+2/p-2. The molecule has 0 fully saturated rings.